The molecule has 124 valence electrons. The van der Waals surface area contributed by atoms with Crippen molar-refractivity contribution >= 4 is 29.0 Å². The van der Waals surface area contributed by atoms with Gasteiger partial charge in [-0.3, -0.25) is 9.89 Å². The van der Waals surface area contributed by atoms with Crippen LogP contribution in [-0.4, -0.2) is 32.4 Å². The Morgan fingerprint density at radius 1 is 1.43 bits per heavy atom. The minimum Gasteiger partial charge on any atom is -0.352 e. The molecule has 1 unspecified atom stereocenters. The quantitative estimate of drug-likeness (QED) is 0.779. The topological polar surface area (TPSA) is 70.7 Å². The van der Waals surface area contributed by atoms with E-state index in [4.69, 9.17) is 0 Å². The number of hydrogen-bond acceptors (Lipinski definition) is 5. The van der Waals surface area contributed by atoms with Crippen LogP contribution in [0.3, 0.4) is 0 Å². The fourth-order valence-corrected chi connectivity index (χ4v) is 4.36. The van der Waals surface area contributed by atoms with E-state index in [1.807, 2.05) is 17.5 Å². The number of aromatic amines is 1. The van der Waals surface area contributed by atoms with Crippen molar-refractivity contribution in [2.45, 2.75) is 56.0 Å². The Labute approximate surface area is 144 Å². The molecule has 1 aliphatic rings. The van der Waals surface area contributed by atoms with E-state index in [0.717, 1.165) is 23.5 Å². The number of nitrogens with one attached hydrogen (secondary N) is 2. The first-order valence-corrected chi connectivity index (χ1v) is 9.82. The Hall–Kier alpha value is -1.34. The molecule has 1 aliphatic carbocycles. The minimum atomic E-state index is -0.164. The number of carbonyl (C=O) groups is 1. The lowest BCUT2D eigenvalue weighted by Crippen LogP contribution is -2.41. The zero-order chi connectivity index (χ0) is 16.2. The Bertz CT molecular complexity index is 632. The van der Waals surface area contributed by atoms with Gasteiger partial charge in [-0.2, -0.15) is 0 Å². The molecule has 1 amide bonds. The van der Waals surface area contributed by atoms with E-state index in [1.165, 1.54) is 24.6 Å². The second-order valence-electron chi connectivity index (χ2n) is 6.22. The average Bonchev–Trinajstić information content (AvgIpc) is 3.25. The van der Waals surface area contributed by atoms with Gasteiger partial charge >= 0.3 is 0 Å². The molecule has 3 rings (SSSR count). The number of thiophene rings is 1. The van der Waals surface area contributed by atoms with E-state index in [2.05, 4.69) is 34.3 Å². The molecule has 2 N–H and O–H groups in total. The summed E-state index contributed by atoms with van der Waals surface area (Å²) < 4.78 is 0. The van der Waals surface area contributed by atoms with E-state index in [-0.39, 0.29) is 17.1 Å². The second-order valence-corrected chi connectivity index (χ2v) is 8.27. The highest BCUT2D eigenvalue weighted by atomic mass is 32.2. The molecule has 1 fully saturated rings. The SMILES string of the molecule is CC(C)C(Sc1n[nH]c(-c2cccs2)n1)C(=O)NC1CCCC1. The van der Waals surface area contributed by atoms with Gasteiger partial charge in [0, 0.05) is 6.04 Å². The Morgan fingerprint density at radius 2 is 2.22 bits per heavy atom. The van der Waals surface area contributed by atoms with Crippen LogP contribution >= 0.6 is 23.1 Å². The fraction of sp³-hybridized carbons (Fsp3) is 0.562. The number of rotatable bonds is 6. The largest absolute Gasteiger partial charge is 0.352 e. The van der Waals surface area contributed by atoms with Crippen molar-refractivity contribution in [3.63, 3.8) is 0 Å². The number of amides is 1. The van der Waals surface area contributed by atoms with Gasteiger partial charge in [-0.25, -0.2) is 4.98 Å². The molecule has 7 heteroatoms. The van der Waals surface area contributed by atoms with Crippen LogP contribution < -0.4 is 5.32 Å². The third kappa shape index (κ3) is 4.14. The van der Waals surface area contributed by atoms with Gasteiger partial charge in [-0.15, -0.1) is 16.4 Å². The monoisotopic (exact) mass is 350 g/mol. The van der Waals surface area contributed by atoms with Crippen molar-refractivity contribution in [3.8, 4) is 10.7 Å². The normalized spacial score (nSPS) is 16.8. The predicted molar refractivity (Wildman–Crippen MR) is 94.6 cm³/mol. The number of hydrogen-bond donors (Lipinski definition) is 2. The zero-order valence-corrected chi connectivity index (χ0v) is 15.0. The summed E-state index contributed by atoms with van der Waals surface area (Å²) in [6, 6.07) is 4.34. The molecule has 0 saturated heterocycles. The second kappa shape index (κ2) is 7.49. The molecule has 0 aliphatic heterocycles. The van der Waals surface area contributed by atoms with Gasteiger partial charge < -0.3 is 5.32 Å². The van der Waals surface area contributed by atoms with Crippen molar-refractivity contribution in [2.75, 3.05) is 0 Å². The number of H-pyrrole nitrogens is 1. The summed E-state index contributed by atoms with van der Waals surface area (Å²) in [5, 5.41) is 12.9. The molecular weight excluding hydrogens is 328 g/mol. The minimum absolute atomic E-state index is 0.111. The summed E-state index contributed by atoms with van der Waals surface area (Å²) in [7, 11) is 0. The predicted octanol–water partition coefficient (Wildman–Crippen LogP) is 3.71. The maximum atomic E-state index is 12.6. The Balaban J connectivity index is 1.66. The summed E-state index contributed by atoms with van der Waals surface area (Å²) in [4.78, 5) is 18.2. The first kappa shape index (κ1) is 16.5. The smallest absolute Gasteiger partial charge is 0.234 e. The van der Waals surface area contributed by atoms with Crippen LogP contribution in [0.15, 0.2) is 22.7 Å². The van der Waals surface area contributed by atoms with Crippen molar-refractivity contribution in [2.24, 2.45) is 5.92 Å². The van der Waals surface area contributed by atoms with Crippen molar-refractivity contribution in [1.82, 2.24) is 20.5 Å². The third-order valence-electron chi connectivity index (χ3n) is 4.02. The molecule has 1 atom stereocenters. The molecular formula is C16H22N4OS2. The van der Waals surface area contributed by atoms with Crippen LogP contribution in [0.1, 0.15) is 39.5 Å². The molecule has 23 heavy (non-hydrogen) atoms. The van der Waals surface area contributed by atoms with Crippen molar-refractivity contribution in [1.29, 1.82) is 0 Å². The highest BCUT2D eigenvalue weighted by molar-refractivity contribution is 8.00. The summed E-state index contributed by atoms with van der Waals surface area (Å²) in [6.45, 7) is 4.14. The van der Waals surface area contributed by atoms with Crippen LogP contribution in [0, 0.1) is 5.92 Å². The molecule has 0 radical (unpaired) electrons. The number of thioether (sulfide) groups is 1. The summed E-state index contributed by atoms with van der Waals surface area (Å²) >= 11 is 3.07. The third-order valence-corrected chi connectivity index (χ3v) is 6.30. The summed E-state index contributed by atoms with van der Waals surface area (Å²) in [5.41, 5.74) is 0. The fourth-order valence-electron chi connectivity index (χ4n) is 2.78. The lowest BCUT2D eigenvalue weighted by Gasteiger charge is -2.21. The maximum absolute atomic E-state index is 12.6. The first-order valence-electron chi connectivity index (χ1n) is 8.07. The van der Waals surface area contributed by atoms with E-state index in [0.29, 0.717) is 11.2 Å². The highest BCUT2D eigenvalue weighted by Crippen LogP contribution is 2.29. The number of carbonyl (C=O) groups excluding carboxylic acids is 1. The van der Waals surface area contributed by atoms with Crippen LogP contribution in [0.2, 0.25) is 0 Å². The average molecular weight is 351 g/mol. The summed E-state index contributed by atoms with van der Waals surface area (Å²) in [6.07, 6.45) is 4.64. The number of nitrogens with zero attached hydrogens (tertiary/aromatic N) is 2. The van der Waals surface area contributed by atoms with Crippen LogP contribution in [0.25, 0.3) is 10.7 Å². The van der Waals surface area contributed by atoms with Gasteiger partial charge in [-0.05, 0) is 30.2 Å². The molecule has 2 heterocycles. The summed E-state index contributed by atoms with van der Waals surface area (Å²) in [5.74, 6) is 1.10. The molecule has 0 bridgehead atoms. The molecule has 2 aromatic heterocycles. The van der Waals surface area contributed by atoms with Crippen molar-refractivity contribution < 1.29 is 4.79 Å². The van der Waals surface area contributed by atoms with E-state index in [9.17, 15) is 4.79 Å². The van der Waals surface area contributed by atoms with Gasteiger partial charge in [0.25, 0.3) is 0 Å². The number of aromatic nitrogens is 3. The molecule has 0 aromatic carbocycles. The van der Waals surface area contributed by atoms with Crippen LogP contribution in [0.4, 0.5) is 0 Å². The molecule has 1 saturated carbocycles. The van der Waals surface area contributed by atoms with Crippen LogP contribution in [-0.2, 0) is 4.79 Å². The van der Waals surface area contributed by atoms with Crippen LogP contribution in [0.5, 0.6) is 0 Å². The van der Waals surface area contributed by atoms with Gasteiger partial charge in [0.1, 0.15) is 0 Å². The van der Waals surface area contributed by atoms with E-state index in [1.54, 1.807) is 11.3 Å². The van der Waals surface area contributed by atoms with E-state index < -0.39 is 0 Å². The lowest BCUT2D eigenvalue weighted by atomic mass is 10.1. The Kier molecular flexibility index (Phi) is 5.38. The van der Waals surface area contributed by atoms with Gasteiger partial charge in [-0.1, -0.05) is 44.5 Å². The van der Waals surface area contributed by atoms with E-state index >= 15 is 0 Å². The first-order chi connectivity index (χ1) is 11.1. The van der Waals surface area contributed by atoms with Crippen molar-refractivity contribution in [3.05, 3.63) is 17.5 Å². The lowest BCUT2D eigenvalue weighted by molar-refractivity contribution is -0.121. The maximum Gasteiger partial charge on any atom is 0.234 e. The van der Waals surface area contributed by atoms with Gasteiger partial charge in [0.05, 0.1) is 10.1 Å². The highest BCUT2D eigenvalue weighted by Gasteiger charge is 2.28. The zero-order valence-electron chi connectivity index (χ0n) is 13.4. The van der Waals surface area contributed by atoms with Gasteiger partial charge in [0.2, 0.25) is 11.1 Å². The molecule has 0 spiro atoms. The Morgan fingerprint density at radius 3 is 2.87 bits per heavy atom. The molecule has 2 aromatic rings. The molecule has 5 nitrogen and oxygen atoms in total. The van der Waals surface area contributed by atoms with Gasteiger partial charge in [0.15, 0.2) is 5.82 Å². The standard InChI is InChI=1S/C16H22N4OS2/c1-10(2)13(15(21)17-11-6-3-4-7-11)23-16-18-14(19-20-16)12-8-5-9-22-12/h5,8-11,13H,3-4,6-7H2,1-2H3,(H,17,21)(H,18,19,20).